The van der Waals surface area contributed by atoms with Crippen molar-refractivity contribution in [2.24, 2.45) is 7.05 Å². The van der Waals surface area contributed by atoms with Crippen LogP contribution in [0.4, 0.5) is 16.0 Å². The Morgan fingerprint density at radius 1 is 1.17 bits per heavy atom. The molecule has 1 aromatic carbocycles. The largest absolute Gasteiger partial charge is 0.494 e. The van der Waals surface area contributed by atoms with Crippen LogP contribution in [0.1, 0.15) is 21.5 Å². The van der Waals surface area contributed by atoms with E-state index in [1.165, 1.54) is 20.3 Å². The molecule has 3 aromatic rings. The first-order valence-corrected chi connectivity index (χ1v) is 8.95. The Labute approximate surface area is 167 Å². The summed E-state index contributed by atoms with van der Waals surface area (Å²) in [6.07, 6.45) is 7.72. The van der Waals surface area contributed by atoms with Crippen LogP contribution in [-0.2, 0) is 24.6 Å². The molecule has 0 radical (unpaired) electrons. The van der Waals surface area contributed by atoms with Gasteiger partial charge in [0.05, 0.1) is 19.0 Å². The van der Waals surface area contributed by atoms with Gasteiger partial charge in [-0.3, -0.25) is 9.48 Å². The van der Waals surface area contributed by atoms with E-state index in [-0.39, 0.29) is 18.1 Å². The van der Waals surface area contributed by atoms with Gasteiger partial charge in [0, 0.05) is 38.3 Å². The van der Waals surface area contributed by atoms with Gasteiger partial charge in [-0.2, -0.15) is 5.10 Å². The first-order valence-electron chi connectivity index (χ1n) is 8.95. The zero-order valence-electron chi connectivity index (χ0n) is 16.5. The molecule has 0 bridgehead atoms. The van der Waals surface area contributed by atoms with E-state index in [0.717, 1.165) is 11.3 Å². The minimum Gasteiger partial charge on any atom is -0.494 e. The van der Waals surface area contributed by atoms with E-state index in [4.69, 9.17) is 9.47 Å². The van der Waals surface area contributed by atoms with Crippen molar-refractivity contribution in [2.45, 2.75) is 12.8 Å². The lowest BCUT2D eigenvalue weighted by Gasteiger charge is -2.11. The van der Waals surface area contributed by atoms with Crippen LogP contribution in [0.25, 0.3) is 0 Å². The van der Waals surface area contributed by atoms with Gasteiger partial charge in [-0.25, -0.2) is 14.4 Å². The number of ketones is 1. The van der Waals surface area contributed by atoms with Gasteiger partial charge in [0.25, 0.3) is 0 Å². The zero-order chi connectivity index (χ0) is 20.8. The lowest BCUT2D eigenvalue weighted by atomic mass is 10.0. The highest BCUT2D eigenvalue weighted by Gasteiger charge is 2.16. The third-order valence-electron chi connectivity index (χ3n) is 4.28. The van der Waals surface area contributed by atoms with E-state index >= 15 is 0 Å². The normalized spacial score (nSPS) is 10.8. The standard InChI is InChI=1S/C20H22FN5O3/c1-26-11-16(10-24-26)25-20-22-8-13(9-23-20)4-5-14-6-15(17(27)12-28-2)7-18(29-3)19(14)21/h6-11H,4-5,12H2,1-3H3,(H,22,23,25). The number of aromatic nitrogens is 4. The lowest BCUT2D eigenvalue weighted by Crippen LogP contribution is -2.09. The average Bonchev–Trinajstić information content (AvgIpc) is 3.13. The van der Waals surface area contributed by atoms with Crippen molar-refractivity contribution in [1.29, 1.82) is 0 Å². The van der Waals surface area contributed by atoms with Crippen LogP contribution in [0.3, 0.4) is 0 Å². The maximum absolute atomic E-state index is 14.6. The van der Waals surface area contributed by atoms with Crippen molar-refractivity contribution in [1.82, 2.24) is 19.7 Å². The van der Waals surface area contributed by atoms with Crippen molar-refractivity contribution in [3.63, 3.8) is 0 Å². The smallest absolute Gasteiger partial charge is 0.227 e. The number of benzene rings is 1. The van der Waals surface area contributed by atoms with E-state index in [0.29, 0.717) is 29.9 Å². The third kappa shape index (κ3) is 5.14. The minimum atomic E-state index is -0.475. The summed E-state index contributed by atoms with van der Waals surface area (Å²) >= 11 is 0. The van der Waals surface area contributed by atoms with E-state index in [2.05, 4.69) is 20.4 Å². The molecule has 0 unspecified atom stereocenters. The Hall–Kier alpha value is -3.33. The van der Waals surface area contributed by atoms with Crippen molar-refractivity contribution < 1.29 is 18.7 Å². The highest BCUT2D eigenvalue weighted by Crippen LogP contribution is 2.25. The van der Waals surface area contributed by atoms with Crippen LogP contribution in [-0.4, -0.2) is 46.4 Å². The zero-order valence-corrected chi connectivity index (χ0v) is 16.5. The molecule has 152 valence electrons. The number of nitrogens with zero attached hydrogens (tertiary/aromatic N) is 4. The molecule has 0 aliphatic carbocycles. The second kappa shape index (κ2) is 9.24. The molecular formula is C20H22FN5O3. The summed E-state index contributed by atoms with van der Waals surface area (Å²) in [6.45, 7) is -0.0759. The molecule has 0 fully saturated rings. The summed E-state index contributed by atoms with van der Waals surface area (Å²) in [4.78, 5) is 20.7. The SMILES string of the molecule is COCC(=O)c1cc(CCc2cnc(Nc3cnn(C)c3)nc2)c(F)c(OC)c1. The molecule has 0 amide bonds. The van der Waals surface area contributed by atoms with Crippen molar-refractivity contribution in [3.05, 3.63) is 59.4 Å². The number of nitrogens with one attached hydrogen (secondary N) is 1. The second-order valence-corrected chi connectivity index (χ2v) is 6.45. The predicted molar refractivity (Wildman–Crippen MR) is 105 cm³/mol. The Morgan fingerprint density at radius 3 is 2.55 bits per heavy atom. The summed E-state index contributed by atoms with van der Waals surface area (Å²) in [5.74, 6) is -0.227. The number of methoxy groups -OCH3 is 2. The number of Topliss-reactive ketones (excluding diaryl/α,β-unsaturated/α-hetero) is 1. The quantitative estimate of drug-likeness (QED) is 0.553. The summed E-state index contributed by atoms with van der Waals surface area (Å²) in [5, 5.41) is 7.12. The molecule has 0 aliphatic heterocycles. The predicted octanol–water partition coefficient (Wildman–Crippen LogP) is 2.72. The molecule has 29 heavy (non-hydrogen) atoms. The number of halogens is 1. The summed E-state index contributed by atoms with van der Waals surface area (Å²) < 4.78 is 26.2. The lowest BCUT2D eigenvalue weighted by molar-refractivity contribution is 0.0847. The molecule has 0 saturated carbocycles. The molecule has 9 heteroatoms. The van der Waals surface area contributed by atoms with Crippen LogP contribution >= 0.6 is 0 Å². The highest BCUT2D eigenvalue weighted by atomic mass is 19.1. The van der Waals surface area contributed by atoms with Crippen molar-refractivity contribution in [3.8, 4) is 5.75 Å². The fraction of sp³-hybridized carbons (Fsp3) is 0.300. The molecular weight excluding hydrogens is 377 g/mol. The van der Waals surface area contributed by atoms with E-state index in [1.54, 1.807) is 29.3 Å². The Morgan fingerprint density at radius 2 is 1.93 bits per heavy atom. The van der Waals surface area contributed by atoms with Gasteiger partial charge in [-0.1, -0.05) is 0 Å². The maximum Gasteiger partial charge on any atom is 0.227 e. The molecule has 1 N–H and O–H groups in total. The molecule has 0 atom stereocenters. The van der Waals surface area contributed by atoms with E-state index < -0.39 is 5.82 Å². The van der Waals surface area contributed by atoms with Crippen molar-refractivity contribution in [2.75, 3.05) is 26.1 Å². The van der Waals surface area contributed by atoms with E-state index in [1.807, 2.05) is 13.2 Å². The molecule has 0 spiro atoms. The molecule has 0 saturated heterocycles. The second-order valence-electron chi connectivity index (χ2n) is 6.45. The van der Waals surface area contributed by atoms with E-state index in [9.17, 15) is 9.18 Å². The Kier molecular flexibility index (Phi) is 6.50. The van der Waals surface area contributed by atoms with Crippen LogP contribution in [0.5, 0.6) is 5.75 Å². The van der Waals surface area contributed by atoms with Crippen LogP contribution in [0, 0.1) is 5.82 Å². The molecule has 2 aromatic heterocycles. The topological polar surface area (TPSA) is 91.2 Å². The maximum atomic E-state index is 14.6. The summed E-state index contributed by atoms with van der Waals surface area (Å²) in [5.41, 5.74) is 2.37. The van der Waals surface area contributed by atoms with Crippen LogP contribution in [0.15, 0.2) is 36.9 Å². The fourth-order valence-electron chi connectivity index (χ4n) is 2.80. The number of hydrogen-bond acceptors (Lipinski definition) is 7. The monoisotopic (exact) mass is 399 g/mol. The molecule has 8 nitrogen and oxygen atoms in total. The highest BCUT2D eigenvalue weighted by molar-refractivity contribution is 5.97. The number of aryl methyl sites for hydroxylation is 3. The van der Waals surface area contributed by atoms with Gasteiger partial charge in [-0.15, -0.1) is 0 Å². The molecule has 3 rings (SSSR count). The van der Waals surface area contributed by atoms with Crippen molar-refractivity contribution >= 4 is 17.4 Å². The first-order chi connectivity index (χ1) is 14.0. The number of hydrogen-bond donors (Lipinski definition) is 1. The minimum absolute atomic E-state index is 0.0363. The fourth-order valence-corrected chi connectivity index (χ4v) is 2.80. The number of ether oxygens (including phenoxy) is 2. The first kappa shape index (κ1) is 20.4. The number of carbonyl (C=O) groups is 1. The number of anilines is 2. The summed E-state index contributed by atoms with van der Waals surface area (Å²) in [6, 6.07) is 2.93. The summed E-state index contributed by atoms with van der Waals surface area (Å²) in [7, 11) is 4.63. The number of rotatable bonds is 9. The van der Waals surface area contributed by atoms with Gasteiger partial charge in [0.2, 0.25) is 5.95 Å². The van der Waals surface area contributed by atoms with Gasteiger partial charge >= 0.3 is 0 Å². The average molecular weight is 399 g/mol. The molecule has 0 aliphatic rings. The van der Waals surface area contributed by atoms with Crippen LogP contribution in [0.2, 0.25) is 0 Å². The van der Waals surface area contributed by atoms with Gasteiger partial charge < -0.3 is 14.8 Å². The Bertz CT molecular complexity index is 988. The van der Waals surface area contributed by atoms with Gasteiger partial charge in [0.1, 0.15) is 6.61 Å². The molecule has 2 heterocycles. The van der Waals surface area contributed by atoms with Gasteiger partial charge in [0.15, 0.2) is 17.3 Å². The van der Waals surface area contributed by atoms with Crippen LogP contribution < -0.4 is 10.1 Å². The number of carbonyl (C=O) groups excluding carboxylic acids is 1. The van der Waals surface area contributed by atoms with Gasteiger partial charge in [-0.05, 0) is 36.1 Å². The Balaban J connectivity index is 1.70. The third-order valence-corrected chi connectivity index (χ3v) is 4.28.